The molecule has 0 aliphatic carbocycles. The number of sulfonamides is 1. The van der Waals surface area contributed by atoms with Crippen molar-refractivity contribution in [2.45, 2.75) is 13.0 Å². The maximum atomic E-state index is 12.5. The summed E-state index contributed by atoms with van der Waals surface area (Å²) in [4.78, 5) is 12.5. The lowest BCUT2D eigenvalue weighted by molar-refractivity contribution is -0.121. The van der Waals surface area contributed by atoms with Crippen LogP contribution in [0.25, 0.3) is 0 Å². The fourth-order valence-corrected chi connectivity index (χ4v) is 3.93. The Bertz CT molecular complexity index is 915. The number of benzene rings is 2. The number of hydrogen-bond donors (Lipinski definition) is 1. The molecule has 158 valence electrons. The smallest absolute Gasteiger partial charge is 0.243 e. The minimum absolute atomic E-state index is 0.209. The lowest BCUT2D eigenvalue weighted by atomic mass is 10.2. The third-order valence-electron chi connectivity index (χ3n) is 4.14. The van der Waals surface area contributed by atoms with Crippen molar-refractivity contribution in [3.05, 3.63) is 48.5 Å². The number of nitrogens with one attached hydrogen (secondary N) is 1. The van der Waals surface area contributed by atoms with Crippen LogP contribution in [0.2, 0.25) is 0 Å². The van der Waals surface area contributed by atoms with Crippen molar-refractivity contribution >= 4 is 21.6 Å². The molecule has 0 radical (unpaired) electrons. The van der Waals surface area contributed by atoms with E-state index in [0.717, 1.165) is 10.6 Å². The molecule has 2 aromatic rings. The third-order valence-corrected chi connectivity index (χ3v) is 5.38. The summed E-state index contributed by atoms with van der Waals surface area (Å²) in [6.07, 6.45) is 1.06. The molecule has 0 heterocycles. The lowest BCUT2D eigenvalue weighted by Crippen LogP contribution is -2.48. The quantitative estimate of drug-likeness (QED) is 0.589. The fraction of sp³-hybridized carbons (Fsp3) is 0.350. The molecule has 1 N–H and O–H groups in total. The van der Waals surface area contributed by atoms with Crippen LogP contribution < -0.4 is 23.8 Å². The average molecular weight is 423 g/mol. The topological polar surface area (TPSA) is 94.2 Å². The number of rotatable bonds is 10. The van der Waals surface area contributed by atoms with E-state index < -0.39 is 22.0 Å². The van der Waals surface area contributed by atoms with Crippen LogP contribution in [0.15, 0.2) is 48.5 Å². The van der Waals surface area contributed by atoms with E-state index >= 15 is 0 Å². The molecule has 8 nitrogen and oxygen atoms in total. The summed E-state index contributed by atoms with van der Waals surface area (Å²) in [6, 6.07) is 12.7. The van der Waals surface area contributed by atoms with E-state index in [0.29, 0.717) is 22.9 Å². The summed E-state index contributed by atoms with van der Waals surface area (Å²) in [6.45, 7) is 1.95. The molecule has 0 saturated carbocycles. The van der Waals surface area contributed by atoms with E-state index in [2.05, 4.69) is 5.32 Å². The van der Waals surface area contributed by atoms with Gasteiger partial charge in [0.2, 0.25) is 15.9 Å². The zero-order valence-corrected chi connectivity index (χ0v) is 17.7. The molecule has 1 atom stereocenters. The van der Waals surface area contributed by atoms with Crippen LogP contribution >= 0.6 is 0 Å². The van der Waals surface area contributed by atoms with Gasteiger partial charge in [0, 0.05) is 0 Å². The molecule has 0 unspecified atom stereocenters. The first-order chi connectivity index (χ1) is 13.8. The Labute approximate surface area is 171 Å². The normalized spacial score (nSPS) is 12.0. The molecule has 0 fully saturated rings. The Kier molecular flexibility index (Phi) is 7.72. The standard InChI is InChI=1S/C20H26N2O6S/c1-15(22(29(4,24)25)16-9-11-17(26-2)12-10-16)20(23)21-13-14-28-19-8-6-5-7-18(19)27-3/h5-12,15H,13-14H2,1-4H3,(H,21,23)/t15-/m0/s1. The molecule has 0 saturated heterocycles. The van der Waals surface area contributed by atoms with Gasteiger partial charge in [-0.25, -0.2) is 8.42 Å². The highest BCUT2D eigenvalue weighted by Gasteiger charge is 2.28. The van der Waals surface area contributed by atoms with Crippen molar-refractivity contribution in [2.24, 2.45) is 0 Å². The van der Waals surface area contributed by atoms with Crippen LogP contribution in [0.1, 0.15) is 6.92 Å². The van der Waals surface area contributed by atoms with E-state index in [1.807, 2.05) is 12.1 Å². The molecule has 9 heteroatoms. The second-order valence-electron chi connectivity index (χ2n) is 6.22. The molecular formula is C20H26N2O6S. The number of anilines is 1. The Hall–Kier alpha value is -2.94. The highest BCUT2D eigenvalue weighted by molar-refractivity contribution is 7.92. The average Bonchev–Trinajstić information content (AvgIpc) is 2.70. The lowest BCUT2D eigenvalue weighted by Gasteiger charge is -2.28. The van der Waals surface area contributed by atoms with Gasteiger partial charge in [0.25, 0.3) is 0 Å². The summed E-state index contributed by atoms with van der Waals surface area (Å²) >= 11 is 0. The fourth-order valence-electron chi connectivity index (χ4n) is 2.76. The number of carbonyl (C=O) groups excluding carboxylic acids is 1. The first-order valence-electron chi connectivity index (χ1n) is 8.95. The van der Waals surface area contributed by atoms with Gasteiger partial charge in [-0.15, -0.1) is 0 Å². The van der Waals surface area contributed by atoms with E-state index in [1.165, 1.54) is 14.0 Å². The number of hydrogen-bond acceptors (Lipinski definition) is 6. The van der Waals surface area contributed by atoms with Crippen LogP contribution in [0, 0.1) is 0 Å². The third kappa shape index (κ3) is 6.02. The van der Waals surface area contributed by atoms with Gasteiger partial charge in [-0.05, 0) is 43.3 Å². The number of nitrogens with zero attached hydrogens (tertiary/aromatic N) is 1. The summed E-state index contributed by atoms with van der Waals surface area (Å²) in [5.41, 5.74) is 0.376. The Morgan fingerprint density at radius 2 is 1.66 bits per heavy atom. The first-order valence-corrected chi connectivity index (χ1v) is 10.8. The monoisotopic (exact) mass is 422 g/mol. The van der Waals surface area contributed by atoms with Crippen molar-refractivity contribution in [1.29, 1.82) is 0 Å². The van der Waals surface area contributed by atoms with Gasteiger partial charge in [-0.2, -0.15) is 0 Å². The minimum atomic E-state index is -3.68. The molecule has 2 aromatic carbocycles. The first kappa shape index (κ1) is 22.4. The molecule has 0 aromatic heterocycles. The highest BCUT2D eigenvalue weighted by Crippen LogP contribution is 2.26. The van der Waals surface area contributed by atoms with Crippen molar-refractivity contribution in [1.82, 2.24) is 5.32 Å². The van der Waals surface area contributed by atoms with E-state index in [1.54, 1.807) is 43.5 Å². The van der Waals surface area contributed by atoms with Gasteiger partial charge in [-0.3, -0.25) is 9.10 Å². The summed E-state index contributed by atoms with van der Waals surface area (Å²) < 4.78 is 41.6. The number of amides is 1. The second-order valence-corrected chi connectivity index (χ2v) is 8.08. The predicted molar refractivity (Wildman–Crippen MR) is 111 cm³/mol. The zero-order valence-electron chi connectivity index (χ0n) is 16.9. The molecular weight excluding hydrogens is 396 g/mol. The van der Waals surface area contributed by atoms with E-state index in [4.69, 9.17) is 14.2 Å². The number of carbonyl (C=O) groups is 1. The zero-order chi connectivity index (χ0) is 21.4. The molecule has 29 heavy (non-hydrogen) atoms. The predicted octanol–water partition coefficient (Wildman–Crippen LogP) is 2.05. The second kappa shape index (κ2) is 10.0. The van der Waals surface area contributed by atoms with Gasteiger partial charge in [0.15, 0.2) is 11.5 Å². The van der Waals surface area contributed by atoms with Crippen molar-refractivity contribution in [2.75, 3.05) is 37.9 Å². The molecule has 0 aliphatic rings. The summed E-state index contributed by atoms with van der Waals surface area (Å²) in [5, 5.41) is 2.70. The van der Waals surface area contributed by atoms with Gasteiger partial charge >= 0.3 is 0 Å². The Morgan fingerprint density at radius 3 is 2.21 bits per heavy atom. The summed E-state index contributed by atoms with van der Waals surface area (Å²) in [7, 11) is -0.614. The van der Waals surface area contributed by atoms with Gasteiger partial charge in [0.05, 0.1) is 32.7 Å². The summed E-state index contributed by atoms with van der Waals surface area (Å²) in [5.74, 6) is 1.31. The van der Waals surface area contributed by atoms with Crippen molar-refractivity contribution in [3.8, 4) is 17.2 Å². The van der Waals surface area contributed by atoms with Crippen LogP contribution in [-0.2, 0) is 14.8 Å². The maximum Gasteiger partial charge on any atom is 0.243 e. The van der Waals surface area contributed by atoms with Crippen LogP contribution in [0.3, 0.4) is 0 Å². The SMILES string of the molecule is COc1ccc(N([C@@H](C)C(=O)NCCOc2ccccc2OC)S(C)(=O)=O)cc1. The number of ether oxygens (including phenoxy) is 3. The minimum Gasteiger partial charge on any atom is -0.497 e. The molecule has 0 aliphatic heterocycles. The van der Waals surface area contributed by atoms with Gasteiger partial charge in [0.1, 0.15) is 18.4 Å². The number of para-hydroxylation sites is 2. The maximum absolute atomic E-state index is 12.5. The van der Waals surface area contributed by atoms with Crippen LogP contribution in [-0.4, -0.2) is 54.0 Å². The van der Waals surface area contributed by atoms with E-state index in [9.17, 15) is 13.2 Å². The highest BCUT2D eigenvalue weighted by atomic mass is 32.2. The molecule has 1 amide bonds. The Morgan fingerprint density at radius 1 is 1.03 bits per heavy atom. The molecule has 0 bridgehead atoms. The van der Waals surface area contributed by atoms with Crippen LogP contribution in [0.4, 0.5) is 5.69 Å². The van der Waals surface area contributed by atoms with E-state index in [-0.39, 0.29) is 13.2 Å². The molecule has 0 spiro atoms. The van der Waals surface area contributed by atoms with Crippen LogP contribution in [0.5, 0.6) is 17.2 Å². The van der Waals surface area contributed by atoms with Crippen molar-refractivity contribution < 1.29 is 27.4 Å². The van der Waals surface area contributed by atoms with Gasteiger partial charge in [-0.1, -0.05) is 12.1 Å². The van der Waals surface area contributed by atoms with Gasteiger partial charge < -0.3 is 19.5 Å². The molecule has 2 rings (SSSR count). The number of methoxy groups -OCH3 is 2. The Balaban J connectivity index is 1.99. The van der Waals surface area contributed by atoms with Crippen molar-refractivity contribution in [3.63, 3.8) is 0 Å². The largest absolute Gasteiger partial charge is 0.497 e.